The highest BCUT2D eigenvalue weighted by molar-refractivity contribution is 6.35. The van der Waals surface area contributed by atoms with Crippen molar-refractivity contribution in [2.45, 2.75) is 57.3 Å². The van der Waals surface area contributed by atoms with E-state index >= 15 is 4.39 Å². The third kappa shape index (κ3) is 5.00. The van der Waals surface area contributed by atoms with Gasteiger partial charge in [0, 0.05) is 43.2 Å². The molecule has 230 valence electrons. The molecule has 3 fully saturated rings. The first-order chi connectivity index (χ1) is 21.0. The summed E-state index contributed by atoms with van der Waals surface area (Å²) in [6.07, 6.45) is 1.49. The molecule has 10 heteroatoms. The Labute approximate surface area is 262 Å². The van der Waals surface area contributed by atoms with Gasteiger partial charge in [0.2, 0.25) is 5.95 Å². The molecule has 0 aliphatic carbocycles. The standard InChI is InChI=1S/C34H38ClFN6O2/c1-34(2,3)44-33(43)42-21-13-14-22(42)17-40(16-21)31-26-15-27(35)28(25-12-8-10-20-9-6-7-11-24(20)25)29(36)30(26)37-32(38-31)41-18-23(19-41)39(4)5/h6-12,15,21-23H,13-14,16-19H2,1-5H3. The minimum Gasteiger partial charge on any atom is -0.444 e. The Balaban J connectivity index is 1.33. The Kier molecular flexibility index (Phi) is 7.09. The zero-order chi connectivity index (χ0) is 30.9. The molecule has 3 aliphatic rings. The topological polar surface area (TPSA) is 65.0 Å². The van der Waals surface area contributed by atoms with Gasteiger partial charge in [-0.05, 0) is 70.1 Å². The summed E-state index contributed by atoms with van der Waals surface area (Å²) in [5, 5.41) is 2.83. The van der Waals surface area contributed by atoms with Crippen molar-refractivity contribution in [3.8, 4) is 11.1 Å². The predicted molar refractivity (Wildman–Crippen MR) is 174 cm³/mol. The van der Waals surface area contributed by atoms with Crippen LogP contribution in [0.5, 0.6) is 0 Å². The zero-order valence-electron chi connectivity index (χ0n) is 25.8. The van der Waals surface area contributed by atoms with Crippen LogP contribution >= 0.6 is 11.6 Å². The highest BCUT2D eigenvalue weighted by atomic mass is 35.5. The fourth-order valence-electron chi connectivity index (χ4n) is 6.88. The molecule has 0 radical (unpaired) electrons. The van der Waals surface area contributed by atoms with E-state index in [4.69, 9.17) is 26.3 Å². The van der Waals surface area contributed by atoms with Crippen molar-refractivity contribution in [2.75, 3.05) is 50.1 Å². The van der Waals surface area contributed by atoms with Crippen LogP contribution in [0.2, 0.25) is 5.02 Å². The van der Waals surface area contributed by atoms with Crippen molar-refractivity contribution in [1.29, 1.82) is 0 Å². The lowest BCUT2D eigenvalue weighted by atomic mass is 9.96. The molecule has 0 saturated carbocycles. The number of carbonyl (C=O) groups excluding carboxylic acids is 1. The van der Waals surface area contributed by atoms with Gasteiger partial charge in [0.1, 0.15) is 16.9 Å². The molecule has 0 N–H and O–H groups in total. The summed E-state index contributed by atoms with van der Waals surface area (Å²) in [5.74, 6) is 0.718. The number of carbonyl (C=O) groups is 1. The number of hydrogen-bond acceptors (Lipinski definition) is 7. The predicted octanol–water partition coefficient (Wildman–Crippen LogP) is 6.58. The molecule has 2 unspecified atom stereocenters. The van der Waals surface area contributed by atoms with Gasteiger partial charge in [-0.3, -0.25) is 4.90 Å². The Bertz CT molecular complexity index is 1750. The lowest BCUT2D eigenvalue weighted by molar-refractivity contribution is 0.0123. The van der Waals surface area contributed by atoms with Crippen molar-refractivity contribution in [2.24, 2.45) is 0 Å². The van der Waals surface area contributed by atoms with Crippen molar-refractivity contribution in [3.63, 3.8) is 0 Å². The first kappa shape index (κ1) is 29.0. The second kappa shape index (κ2) is 10.7. The number of benzene rings is 3. The van der Waals surface area contributed by atoms with Crippen molar-refractivity contribution in [3.05, 3.63) is 59.4 Å². The molecule has 3 aromatic carbocycles. The molecule has 4 heterocycles. The van der Waals surface area contributed by atoms with Gasteiger partial charge in [-0.15, -0.1) is 0 Å². The van der Waals surface area contributed by atoms with Crippen LogP contribution in [0, 0.1) is 5.82 Å². The minimum absolute atomic E-state index is 0.0190. The largest absolute Gasteiger partial charge is 0.444 e. The number of rotatable bonds is 4. The monoisotopic (exact) mass is 616 g/mol. The quantitative estimate of drug-likeness (QED) is 0.257. The Morgan fingerprint density at radius 3 is 2.32 bits per heavy atom. The smallest absolute Gasteiger partial charge is 0.410 e. The first-order valence-corrected chi connectivity index (χ1v) is 15.7. The van der Waals surface area contributed by atoms with Gasteiger partial charge in [0.15, 0.2) is 5.82 Å². The third-order valence-corrected chi connectivity index (χ3v) is 9.47. The molecule has 0 spiro atoms. The Morgan fingerprint density at radius 1 is 0.955 bits per heavy atom. The molecule has 3 aliphatic heterocycles. The van der Waals surface area contributed by atoms with Crippen LogP contribution in [0.1, 0.15) is 33.6 Å². The lowest BCUT2D eigenvalue weighted by Crippen LogP contribution is -2.58. The summed E-state index contributed by atoms with van der Waals surface area (Å²) in [7, 11) is 4.12. The summed E-state index contributed by atoms with van der Waals surface area (Å²) in [6.45, 7) is 8.34. The minimum atomic E-state index is -0.566. The van der Waals surface area contributed by atoms with Gasteiger partial charge in [-0.2, -0.15) is 4.98 Å². The van der Waals surface area contributed by atoms with E-state index in [1.165, 1.54) is 0 Å². The van der Waals surface area contributed by atoms with Gasteiger partial charge in [-0.25, -0.2) is 14.2 Å². The van der Waals surface area contributed by atoms with Crippen molar-refractivity contribution >= 4 is 51.1 Å². The summed E-state index contributed by atoms with van der Waals surface area (Å²) in [4.78, 5) is 31.4. The number of nitrogens with zero attached hydrogens (tertiary/aromatic N) is 6. The van der Waals surface area contributed by atoms with Crippen LogP contribution < -0.4 is 9.80 Å². The Morgan fingerprint density at radius 2 is 1.64 bits per heavy atom. The molecule has 3 saturated heterocycles. The highest BCUT2D eigenvalue weighted by Gasteiger charge is 2.45. The molecular weight excluding hydrogens is 579 g/mol. The molecule has 8 nitrogen and oxygen atoms in total. The third-order valence-electron chi connectivity index (χ3n) is 9.17. The number of aromatic nitrogens is 2. The molecule has 44 heavy (non-hydrogen) atoms. The summed E-state index contributed by atoms with van der Waals surface area (Å²) in [5.41, 5.74) is 0.766. The average Bonchev–Trinajstić information content (AvgIpc) is 3.21. The van der Waals surface area contributed by atoms with Gasteiger partial charge in [0.05, 0.1) is 17.1 Å². The average molecular weight is 617 g/mol. The molecule has 2 atom stereocenters. The van der Waals surface area contributed by atoms with E-state index in [0.29, 0.717) is 46.9 Å². The van der Waals surface area contributed by atoms with E-state index in [1.807, 2.05) is 74.2 Å². The number of fused-ring (bicyclic) bond motifs is 4. The fraction of sp³-hybridized carbons (Fsp3) is 0.441. The second-order valence-electron chi connectivity index (χ2n) is 13.5. The maximum Gasteiger partial charge on any atom is 0.410 e. The number of anilines is 2. The van der Waals surface area contributed by atoms with Crippen molar-refractivity contribution in [1.82, 2.24) is 19.8 Å². The summed E-state index contributed by atoms with van der Waals surface area (Å²) in [6, 6.07) is 15.9. The molecule has 7 rings (SSSR count). The zero-order valence-corrected chi connectivity index (χ0v) is 26.6. The van der Waals surface area contributed by atoms with Crippen LogP contribution in [0.15, 0.2) is 48.5 Å². The van der Waals surface area contributed by atoms with Gasteiger partial charge in [-0.1, -0.05) is 54.1 Å². The van der Waals surface area contributed by atoms with E-state index in [9.17, 15) is 4.79 Å². The first-order valence-electron chi connectivity index (χ1n) is 15.3. The van der Waals surface area contributed by atoms with Gasteiger partial charge < -0.3 is 19.4 Å². The molecular formula is C34H38ClFN6O2. The van der Waals surface area contributed by atoms with E-state index in [0.717, 1.165) is 42.3 Å². The number of amides is 1. The normalized spacial score (nSPS) is 20.6. The fourth-order valence-corrected chi connectivity index (χ4v) is 7.17. The number of halogens is 2. The highest BCUT2D eigenvalue weighted by Crippen LogP contribution is 2.43. The number of hydrogen-bond donors (Lipinski definition) is 0. The van der Waals surface area contributed by atoms with Crippen molar-refractivity contribution < 1.29 is 13.9 Å². The lowest BCUT2D eigenvalue weighted by Gasteiger charge is -2.44. The molecule has 1 aromatic heterocycles. The van der Waals surface area contributed by atoms with E-state index in [1.54, 1.807) is 0 Å². The number of piperazine rings is 1. The number of ether oxygens (including phenoxy) is 1. The van der Waals surface area contributed by atoms with E-state index < -0.39 is 11.4 Å². The Hall–Kier alpha value is -3.69. The molecule has 2 bridgehead atoms. The van der Waals surface area contributed by atoms with Crippen LogP contribution in [-0.4, -0.2) is 89.9 Å². The van der Waals surface area contributed by atoms with E-state index in [2.05, 4.69) is 28.8 Å². The second-order valence-corrected chi connectivity index (χ2v) is 13.9. The molecule has 4 aromatic rings. The molecule has 1 amide bonds. The summed E-state index contributed by atoms with van der Waals surface area (Å²) < 4.78 is 22.6. The maximum atomic E-state index is 16.9. The van der Waals surface area contributed by atoms with E-state index in [-0.39, 0.29) is 23.7 Å². The van der Waals surface area contributed by atoms with Crippen LogP contribution in [0.3, 0.4) is 0 Å². The SMILES string of the molecule is CN(C)C1CN(c2nc(N3CC4CCC(C3)N4C(=O)OC(C)(C)C)c3cc(Cl)c(-c4cccc5ccccc45)c(F)c3n2)C1. The number of likely N-dealkylation sites (N-methyl/N-ethyl adjacent to an activating group) is 1. The van der Waals surface area contributed by atoms with Crippen LogP contribution in [-0.2, 0) is 4.74 Å². The summed E-state index contributed by atoms with van der Waals surface area (Å²) >= 11 is 6.95. The van der Waals surface area contributed by atoms with Gasteiger partial charge in [0.25, 0.3) is 0 Å². The van der Waals surface area contributed by atoms with Gasteiger partial charge >= 0.3 is 6.09 Å². The van der Waals surface area contributed by atoms with Crippen LogP contribution in [0.4, 0.5) is 21.0 Å². The maximum absolute atomic E-state index is 16.9. The van der Waals surface area contributed by atoms with Crippen LogP contribution in [0.25, 0.3) is 32.8 Å².